The number of hydrogen-bond acceptors (Lipinski definition) is 4. The Kier molecular flexibility index (Phi) is 5.84. The van der Waals surface area contributed by atoms with Crippen molar-refractivity contribution < 1.29 is 14.0 Å². The van der Waals surface area contributed by atoms with Crippen LogP contribution < -0.4 is 10.6 Å². The number of halogens is 1. The molecule has 2 N–H and O–H groups in total. The number of aromatic nitrogens is 2. The fourth-order valence-electron chi connectivity index (χ4n) is 2.36. The van der Waals surface area contributed by atoms with E-state index in [-0.39, 0.29) is 29.7 Å². The van der Waals surface area contributed by atoms with Gasteiger partial charge in [-0.15, -0.1) is 0 Å². The number of carbonyl (C=O) groups is 2. The Morgan fingerprint density at radius 2 is 1.30 bits per heavy atom. The first-order chi connectivity index (χ1) is 13.1. The van der Waals surface area contributed by atoms with Gasteiger partial charge in [0.05, 0.1) is 11.1 Å². The number of carbonyl (C=O) groups excluding carboxylic acids is 2. The van der Waals surface area contributed by atoms with Crippen LogP contribution in [0.15, 0.2) is 67.3 Å². The molecule has 0 spiro atoms. The number of nitrogens with one attached hydrogen (secondary N) is 2. The monoisotopic (exact) mass is 364 g/mol. The first-order valence-corrected chi connectivity index (χ1v) is 8.26. The molecule has 1 aromatic carbocycles. The summed E-state index contributed by atoms with van der Waals surface area (Å²) in [7, 11) is 0. The Morgan fingerprint density at radius 1 is 0.778 bits per heavy atom. The van der Waals surface area contributed by atoms with Crippen LogP contribution in [0.4, 0.5) is 4.39 Å². The molecule has 0 saturated carbocycles. The molecule has 3 rings (SSSR count). The molecule has 0 bridgehead atoms. The number of benzene rings is 1. The van der Waals surface area contributed by atoms with Crippen molar-refractivity contribution >= 4 is 11.8 Å². The van der Waals surface area contributed by atoms with Crippen LogP contribution in [0.5, 0.6) is 0 Å². The van der Waals surface area contributed by atoms with Crippen LogP contribution in [0.2, 0.25) is 0 Å². The van der Waals surface area contributed by atoms with Gasteiger partial charge in [-0.05, 0) is 41.5 Å². The summed E-state index contributed by atoms with van der Waals surface area (Å²) >= 11 is 0. The van der Waals surface area contributed by atoms with E-state index in [2.05, 4.69) is 20.6 Å². The summed E-state index contributed by atoms with van der Waals surface area (Å²) in [4.78, 5) is 32.4. The highest BCUT2D eigenvalue weighted by atomic mass is 19.1. The number of nitrogens with zero attached hydrogens (tertiary/aromatic N) is 2. The van der Waals surface area contributed by atoms with E-state index in [1.165, 1.54) is 30.6 Å². The highest BCUT2D eigenvalue weighted by Gasteiger charge is 2.11. The topological polar surface area (TPSA) is 84.0 Å². The average molecular weight is 364 g/mol. The second-order valence-electron chi connectivity index (χ2n) is 5.81. The molecule has 7 heteroatoms. The van der Waals surface area contributed by atoms with Gasteiger partial charge in [0.25, 0.3) is 11.8 Å². The number of rotatable bonds is 6. The standard InChI is InChI=1S/C20H17FN4O2/c21-18-3-1-14(2-4-18)10-24-19(26)16-9-17(13-23-12-16)20(27)25-11-15-5-7-22-8-6-15/h1-9,12-13H,10-11H2,(H,24,26)(H,25,27). The van der Waals surface area contributed by atoms with Crippen molar-refractivity contribution in [3.05, 3.63) is 95.3 Å². The molecule has 2 amide bonds. The lowest BCUT2D eigenvalue weighted by Gasteiger charge is -2.08. The summed E-state index contributed by atoms with van der Waals surface area (Å²) in [6, 6.07) is 10.9. The van der Waals surface area contributed by atoms with Gasteiger partial charge in [0.15, 0.2) is 0 Å². The molecule has 6 nitrogen and oxygen atoms in total. The molecule has 0 radical (unpaired) electrons. The second kappa shape index (κ2) is 8.66. The number of hydrogen-bond donors (Lipinski definition) is 2. The van der Waals surface area contributed by atoms with Crippen molar-refractivity contribution in [1.29, 1.82) is 0 Å². The van der Waals surface area contributed by atoms with Crippen molar-refractivity contribution in [3.8, 4) is 0 Å². The van der Waals surface area contributed by atoms with E-state index in [1.54, 1.807) is 36.7 Å². The molecule has 3 aromatic rings. The third-order valence-electron chi connectivity index (χ3n) is 3.83. The summed E-state index contributed by atoms with van der Waals surface area (Å²) in [5.41, 5.74) is 2.25. The minimum atomic E-state index is -0.365. The van der Waals surface area contributed by atoms with Crippen molar-refractivity contribution in [2.75, 3.05) is 0 Å². The molecular formula is C20H17FN4O2. The largest absolute Gasteiger partial charge is 0.348 e. The molecule has 2 aromatic heterocycles. The molecule has 0 aliphatic rings. The smallest absolute Gasteiger partial charge is 0.253 e. The van der Waals surface area contributed by atoms with Crippen LogP contribution >= 0.6 is 0 Å². The maximum Gasteiger partial charge on any atom is 0.253 e. The first kappa shape index (κ1) is 18.2. The van der Waals surface area contributed by atoms with Crippen LogP contribution in [0.1, 0.15) is 31.8 Å². The minimum Gasteiger partial charge on any atom is -0.348 e. The van der Waals surface area contributed by atoms with E-state index >= 15 is 0 Å². The Bertz CT molecular complexity index is 930. The summed E-state index contributed by atoms with van der Waals surface area (Å²) in [5.74, 6) is -1.03. The SMILES string of the molecule is O=C(NCc1ccncc1)c1cncc(C(=O)NCc2ccc(F)cc2)c1. The summed E-state index contributed by atoms with van der Waals surface area (Å²) in [6.45, 7) is 0.597. The van der Waals surface area contributed by atoms with Crippen LogP contribution in [0, 0.1) is 5.82 Å². The van der Waals surface area contributed by atoms with Gasteiger partial charge < -0.3 is 10.6 Å². The zero-order chi connectivity index (χ0) is 19.1. The summed E-state index contributed by atoms with van der Waals surface area (Å²) in [5, 5.41) is 5.49. The molecular weight excluding hydrogens is 347 g/mol. The predicted molar refractivity (Wildman–Crippen MR) is 97.2 cm³/mol. The highest BCUT2D eigenvalue weighted by molar-refractivity contribution is 5.99. The van der Waals surface area contributed by atoms with Crippen LogP contribution in [0.25, 0.3) is 0 Å². The molecule has 27 heavy (non-hydrogen) atoms. The molecule has 136 valence electrons. The zero-order valence-electron chi connectivity index (χ0n) is 14.4. The second-order valence-corrected chi connectivity index (χ2v) is 5.81. The van der Waals surface area contributed by atoms with Gasteiger partial charge in [-0.1, -0.05) is 12.1 Å². The molecule has 2 heterocycles. The molecule has 0 aliphatic heterocycles. The summed E-state index contributed by atoms with van der Waals surface area (Å²) in [6.07, 6.45) is 6.09. The highest BCUT2D eigenvalue weighted by Crippen LogP contribution is 2.06. The average Bonchev–Trinajstić information content (AvgIpc) is 2.72. The van der Waals surface area contributed by atoms with E-state index in [4.69, 9.17) is 0 Å². The normalized spacial score (nSPS) is 10.3. The third kappa shape index (κ3) is 5.18. The summed E-state index contributed by atoms with van der Waals surface area (Å²) < 4.78 is 12.9. The minimum absolute atomic E-state index is 0.248. The van der Waals surface area contributed by atoms with E-state index in [0.717, 1.165) is 11.1 Å². The van der Waals surface area contributed by atoms with Gasteiger partial charge in [-0.2, -0.15) is 0 Å². The lowest BCUT2D eigenvalue weighted by Crippen LogP contribution is -2.25. The zero-order valence-corrected chi connectivity index (χ0v) is 14.4. The fraction of sp³-hybridized carbons (Fsp3) is 0.100. The van der Waals surface area contributed by atoms with Crippen LogP contribution in [-0.2, 0) is 13.1 Å². The van der Waals surface area contributed by atoms with Crippen molar-refractivity contribution in [1.82, 2.24) is 20.6 Å². The van der Waals surface area contributed by atoms with Gasteiger partial charge >= 0.3 is 0 Å². The first-order valence-electron chi connectivity index (χ1n) is 8.26. The lowest BCUT2D eigenvalue weighted by atomic mass is 10.1. The van der Waals surface area contributed by atoms with Gasteiger partial charge in [0, 0.05) is 37.9 Å². The molecule has 0 atom stereocenters. The molecule has 0 fully saturated rings. The predicted octanol–water partition coefficient (Wildman–Crippen LogP) is 2.48. The van der Waals surface area contributed by atoms with Crippen LogP contribution in [-0.4, -0.2) is 21.8 Å². The van der Waals surface area contributed by atoms with Crippen molar-refractivity contribution in [3.63, 3.8) is 0 Å². The van der Waals surface area contributed by atoms with Crippen LogP contribution in [0.3, 0.4) is 0 Å². The maximum atomic E-state index is 12.9. The van der Waals surface area contributed by atoms with E-state index in [9.17, 15) is 14.0 Å². The molecule has 0 aliphatic carbocycles. The molecule has 0 saturated heterocycles. The quantitative estimate of drug-likeness (QED) is 0.704. The molecule has 0 unspecified atom stereocenters. The van der Waals surface area contributed by atoms with Crippen molar-refractivity contribution in [2.45, 2.75) is 13.1 Å². The van der Waals surface area contributed by atoms with E-state index < -0.39 is 0 Å². The number of amides is 2. The van der Waals surface area contributed by atoms with Gasteiger partial charge in [0.2, 0.25) is 0 Å². The number of pyridine rings is 2. The third-order valence-corrected chi connectivity index (χ3v) is 3.83. The Labute approximate surface area is 155 Å². The Morgan fingerprint density at radius 3 is 1.85 bits per heavy atom. The van der Waals surface area contributed by atoms with Gasteiger partial charge in [-0.25, -0.2) is 4.39 Å². The lowest BCUT2D eigenvalue weighted by molar-refractivity contribution is 0.0950. The van der Waals surface area contributed by atoms with Gasteiger partial charge in [-0.3, -0.25) is 19.6 Å². The Balaban J connectivity index is 1.59. The fourth-order valence-corrected chi connectivity index (χ4v) is 2.36. The van der Waals surface area contributed by atoms with Crippen molar-refractivity contribution in [2.24, 2.45) is 0 Å². The van der Waals surface area contributed by atoms with E-state index in [1.807, 2.05) is 0 Å². The van der Waals surface area contributed by atoms with E-state index in [0.29, 0.717) is 12.1 Å². The maximum absolute atomic E-state index is 12.9. The Hall–Kier alpha value is -3.61. The van der Waals surface area contributed by atoms with Gasteiger partial charge in [0.1, 0.15) is 5.82 Å².